The van der Waals surface area contributed by atoms with Crippen LogP contribution in [0.25, 0.3) is 11.4 Å². The summed E-state index contributed by atoms with van der Waals surface area (Å²) in [5.41, 5.74) is -1.02. The molecular formula is C11H7BrN2O4. The molecule has 2 aromatic rings. The lowest BCUT2D eigenvalue weighted by Crippen LogP contribution is -2.15. The van der Waals surface area contributed by atoms with Crippen LogP contribution in [0.3, 0.4) is 0 Å². The minimum atomic E-state index is -1.46. The van der Waals surface area contributed by atoms with E-state index >= 15 is 0 Å². The summed E-state index contributed by atoms with van der Waals surface area (Å²) < 4.78 is 0.839. The highest BCUT2D eigenvalue weighted by Crippen LogP contribution is 2.19. The topological polar surface area (TPSA) is 103 Å². The van der Waals surface area contributed by atoms with Crippen LogP contribution >= 0.6 is 15.9 Å². The fourth-order valence-corrected chi connectivity index (χ4v) is 1.62. The maximum atomic E-state index is 11.4. The Kier molecular flexibility index (Phi) is 3.15. The Balaban J connectivity index is 2.62. The summed E-state index contributed by atoms with van der Waals surface area (Å²) in [7, 11) is 0. The quantitative estimate of drug-likeness (QED) is 0.781. The van der Waals surface area contributed by atoms with E-state index in [9.17, 15) is 14.7 Å². The van der Waals surface area contributed by atoms with Gasteiger partial charge in [0.25, 0.3) is 5.56 Å². The summed E-state index contributed by atoms with van der Waals surface area (Å²) in [5, 5.41) is 18.1. The van der Waals surface area contributed by atoms with E-state index in [1.54, 1.807) is 24.3 Å². The molecule has 0 aliphatic heterocycles. The maximum Gasteiger partial charge on any atom is 0.358 e. The summed E-state index contributed by atoms with van der Waals surface area (Å²) in [6.45, 7) is 0. The Morgan fingerprint density at radius 3 is 2.44 bits per heavy atom. The Labute approximate surface area is 109 Å². The van der Waals surface area contributed by atoms with Crippen LogP contribution in [0.5, 0.6) is 5.75 Å². The number of rotatable bonds is 2. The van der Waals surface area contributed by atoms with Crippen LogP contribution in [0.1, 0.15) is 10.5 Å². The van der Waals surface area contributed by atoms with E-state index in [0.717, 1.165) is 4.47 Å². The Bertz CT molecular complexity index is 664. The second kappa shape index (κ2) is 4.61. The third-order valence-electron chi connectivity index (χ3n) is 2.22. The molecule has 0 bridgehead atoms. The van der Waals surface area contributed by atoms with Crippen LogP contribution in [-0.2, 0) is 0 Å². The van der Waals surface area contributed by atoms with Crippen molar-refractivity contribution in [2.75, 3.05) is 0 Å². The molecule has 6 nitrogen and oxygen atoms in total. The molecule has 1 aromatic carbocycles. The van der Waals surface area contributed by atoms with E-state index < -0.39 is 23.0 Å². The summed E-state index contributed by atoms with van der Waals surface area (Å²) in [4.78, 5) is 28.2. The predicted molar refractivity (Wildman–Crippen MR) is 66.6 cm³/mol. The molecule has 0 unspecified atom stereocenters. The number of hydrogen-bond donors (Lipinski definition) is 3. The predicted octanol–water partition coefficient (Wildman–Crippen LogP) is 1.60. The minimum absolute atomic E-state index is 0.0858. The molecule has 2 rings (SSSR count). The van der Waals surface area contributed by atoms with Gasteiger partial charge < -0.3 is 15.2 Å². The Morgan fingerprint density at radius 2 is 1.89 bits per heavy atom. The highest BCUT2D eigenvalue weighted by atomic mass is 79.9. The van der Waals surface area contributed by atoms with Crippen LogP contribution in [0, 0.1) is 0 Å². The number of halogens is 1. The molecule has 0 amide bonds. The fraction of sp³-hybridized carbons (Fsp3) is 0. The fourth-order valence-electron chi connectivity index (χ4n) is 1.36. The van der Waals surface area contributed by atoms with Gasteiger partial charge in [-0.15, -0.1) is 0 Å². The van der Waals surface area contributed by atoms with Crippen LogP contribution in [-0.4, -0.2) is 26.2 Å². The van der Waals surface area contributed by atoms with Crippen molar-refractivity contribution in [1.29, 1.82) is 0 Å². The average Bonchev–Trinajstić information content (AvgIpc) is 2.33. The zero-order valence-electron chi connectivity index (χ0n) is 8.85. The number of aromatic hydroxyl groups is 1. The number of aromatic nitrogens is 2. The maximum absolute atomic E-state index is 11.4. The first-order valence-corrected chi connectivity index (χ1v) is 5.61. The number of carbonyl (C=O) groups is 1. The number of carboxylic acid groups (broad SMARTS) is 1. The lowest BCUT2D eigenvalue weighted by Gasteiger charge is -2.03. The van der Waals surface area contributed by atoms with Crippen LogP contribution in [0.15, 0.2) is 33.5 Å². The summed E-state index contributed by atoms with van der Waals surface area (Å²) >= 11 is 3.26. The number of nitrogens with one attached hydrogen (secondary N) is 1. The molecule has 0 aliphatic rings. The zero-order chi connectivity index (χ0) is 13.3. The van der Waals surface area contributed by atoms with Gasteiger partial charge in [0.1, 0.15) is 5.82 Å². The van der Waals surface area contributed by atoms with E-state index in [0.29, 0.717) is 5.56 Å². The van der Waals surface area contributed by atoms with Gasteiger partial charge in [0, 0.05) is 10.0 Å². The zero-order valence-corrected chi connectivity index (χ0v) is 10.4. The van der Waals surface area contributed by atoms with Crippen molar-refractivity contribution in [3.05, 3.63) is 44.8 Å². The molecule has 1 aromatic heterocycles. The summed E-state index contributed by atoms with van der Waals surface area (Å²) in [6, 6.07) is 6.77. The van der Waals surface area contributed by atoms with Crippen LogP contribution in [0.2, 0.25) is 0 Å². The van der Waals surface area contributed by atoms with E-state index in [1.807, 2.05) is 0 Å². The molecule has 0 fully saturated rings. The molecule has 0 atom stereocenters. The van der Waals surface area contributed by atoms with Gasteiger partial charge in [-0.25, -0.2) is 9.78 Å². The highest BCUT2D eigenvalue weighted by Gasteiger charge is 2.17. The van der Waals surface area contributed by atoms with Crippen molar-refractivity contribution < 1.29 is 15.0 Å². The van der Waals surface area contributed by atoms with Crippen molar-refractivity contribution in [2.45, 2.75) is 0 Å². The van der Waals surface area contributed by atoms with Gasteiger partial charge in [-0.2, -0.15) is 0 Å². The van der Waals surface area contributed by atoms with E-state index in [-0.39, 0.29) is 5.82 Å². The van der Waals surface area contributed by atoms with Crippen LogP contribution < -0.4 is 5.56 Å². The minimum Gasteiger partial charge on any atom is -0.501 e. The normalized spacial score (nSPS) is 10.3. The van der Waals surface area contributed by atoms with Gasteiger partial charge in [0.15, 0.2) is 5.69 Å². The molecule has 7 heteroatoms. The van der Waals surface area contributed by atoms with Crippen LogP contribution in [0.4, 0.5) is 0 Å². The Morgan fingerprint density at radius 1 is 1.28 bits per heavy atom. The lowest BCUT2D eigenvalue weighted by molar-refractivity contribution is 0.0686. The number of H-pyrrole nitrogens is 1. The van der Waals surface area contributed by atoms with Gasteiger partial charge in [-0.05, 0) is 12.1 Å². The molecule has 18 heavy (non-hydrogen) atoms. The highest BCUT2D eigenvalue weighted by molar-refractivity contribution is 9.10. The number of aromatic amines is 1. The molecule has 92 valence electrons. The van der Waals surface area contributed by atoms with E-state index in [4.69, 9.17) is 5.11 Å². The van der Waals surface area contributed by atoms with Crippen molar-refractivity contribution in [2.24, 2.45) is 0 Å². The average molecular weight is 311 g/mol. The molecule has 0 spiro atoms. The second-order valence-electron chi connectivity index (χ2n) is 3.42. The number of aromatic carboxylic acids is 1. The summed E-state index contributed by atoms with van der Waals surface area (Å²) in [6.07, 6.45) is 0. The number of hydrogen-bond acceptors (Lipinski definition) is 4. The first-order valence-electron chi connectivity index (χ1n) is 4.81. The smallest absolute Gasteiger partial charge is 0.358 e. The van der Waals surface area contributed by atoms with Gasteiger partial charge in [0.2, 0.25) is 5.75 Å². The summed E-state index contributed by atoms with van der Waals surface area (Å²) in [5.74, 6) is -2.27. The van der Waals surface area contributed by atoms with Crippen molar-refractivity contribution in [3.8, 4) is 17.1 Å². The molecule has 1 heterocycles. The lowest BCUT2D eigenvalue weighted by atomic mass is 10.2. The number of nitrogens with zero attached hydrogens (tertiary/aromatic N) is 1. The third-order valence-corrected chi connectivity index (χ3v) is 2.74. The molecule has 0 radical (unpaired) electrons. The standard InChI is InChI=1S/C11H7BrN2O4/c12-6-3-1-5(2-4-6)9-13-7(11(17)18)8(15)10(16)14-9/h1-4,15H,(H,17,18)(H,13,14,16). The molecular weight excluding hydrogens is 304 g/mol. The van der Waals surface area contributed by atoms with Gasteiger partial charge in [0.05, 0.1) is 0 Å². The van der Waals surface area contributed by atoms with E-state index in [2.05, 4.69) is 25.9 Å². The first-order chi connectivity index (χ1) is 8.49. The van der Waals surface area contributed by atoms with Crippen molar-refractivity contribution >= 4 is 21.9 Å². The molecule has 0 aliphatic carbocycles. The van der Waals surface area contributed by atoms with Gasteiger partial charge >= 0.3 is 5.97 Å². The largest absolute Gasteiger partial charge is 0.501 e. The molecule has 0 saturated carbocycles. The third kappa shape index (κ3) is 2.25. The second-order valence-corrected chi connectivity index (χ2v) is 4.34. The molecule has 3 N–H and O–H groups in total. The van der Waals surface area contributed by atoms with Gasteiger partial charge in [-0.3, -0.25) is 4.79 Å². The van der Waals surface area contributed by atoms with Crippen molar-refractivity contribution in [3.63, 3.8) is 0 Å². The molecule has 0 saturated heterocycles. The SMILES string of the molecule is O=C(O)c1nc(-c2ccc(Br)cc2)[nH]c(=O)c1O. The first kappa shape index (κ1) is 12.3. The van der Waals surface area contributed by atoms with Crippen molar-refractivity contribution in [1.82, 2.24) is 9.97 Å². The Hall–Kier alpha value is -2.15. The van der Waals surface area contributed by atoms with E-state index in [1.165, 1.54) is 0 Å². The number of benzene rings is 1. The number of carboxylic acids is 1. The van der Waals surface area contributed by atoms with Gasteiger partial charge in [-0.1, -0.05) is 28.1 Å². The monoisotopic (exact) mass is 310 g/mol.